The van der Waals surface area contributed by atoms with E-state index in [9.17, 15) is 9.59 Å². The number of aromatic carboxylic acids is 1. The Labute approximate surface area is 116 Å². The number of carbonyl (C=O) groups excluding carboxylic acids is 1. The highest BCUT2D eigenvalue weighted by Gasteiger charge is 2.30. The van der Waals surface area contributed by atoms with Gasteiger partial charge in [-0.25, -0.2) is 9.48 Å². The van der Waals surface area contributed by atoms with Crippen molar-refractivity contribution in [2.24, 2.45) is 0 Å². The highest BCUT2D eigenvalue weighted by molar-refractivity contribution is 5.87. The van der Waals surface area contributed by atoms with Crippen molar-refractivity contribution in [3.05, 3.63) is 11.4 Å². The third kappa shape index (κ3) is 3.13. The van der Waals surface area contributed by atoms with Gasteiger partial charge in [-0.05, 0) is 12.8 Å². The van der Waals surface area contributed by atoms with Gasteiger partial charge >= 0.3 is 5.97 Å². The van der Waals surface area contributed by atoms with Crippen LogP contribution in [-0.4, -0.2) is 52.2 Å². The minimum Gasteiger partial charge on any atom is -0.476 e. The number of hydrogen-bond donors (Lipinski definition) is 2. The smallest absolute Gasteiger partial charge is 0.358 e. The van der Waals surface area contributed by atoms with Crippen LogP contribution in [0.15, 0.2) is 0 Å². The molecule has 1 heterocycles. The largest absolute Gasteiger partial charge is 0.476 e. The Hall–Kier alpha value is -1.96. The normalized spacial score (nSPS) is 14.8. The van der Waals surface area contributed by atoms with Gasteiger partial charge in [-0.15, -0.1) is 5.10 Å². The number of rotatable bonds is 7. The lowest BCUT2D eigenvalue weighted by Gasteiger charge is -2.25. The quantitative estimate of drug-likeness (QED) is 0.682. The summed E-state index contributed by atoms with van der Waals surface area (Å²) in [4.78, 5) is 22.9. The summed E-state index contributed by atoms with van der Waals surface area (Å²) in [5.41, 5.74) is 0.519. The second-order valence-corrected chi connectivity index (χ2v) is 4.76. The van der Waals surface area contributed by atoms with Crippen molar-refractivity contribution in [2.45, 2.75) is 31.7 Å². The average molecular weight is 282 g/mol. The van der Waals surface area contributed by atoms with E-state index < -0.39 is 5.97 Å². The lowest BCUT2D eigenvalue weighted by atomic mass is 9.82. The molecule has 0 aromatic carbocycles. The third-order valence-corrected chi connectivity index (χ3v) is 3.39. The minimum absolute atomic E-state index is 0.0180. The fraction of sp³-hybridized carbons (Fsp3) is 0.667. The van der Waals surface area contributed by atoms with E-state index in [0.717, 1.165) is 19.3 Å². The maximum Gasteiger partial charge on any atom is 0.358 e. The molecule has 110 valence electrons. The lowest BCUT2D eigenvalue weighted by Crippen LogP contribution is -2.32. The van der Waals surface area contributed by atoms with Crippen LogP contribution in [0.25, 0.3) is 0 Å². The first kappa shape index (κ1) is 14.4. The molecule has 20 heavy (non-hydrogen) atoms. The molecule has 8 heteroatoms. The summed E-state index contributed by atoms with van der Waals surface area (Å²) in [7, 11) is 1.55. The molecule has 0 saturated heterocycles. The van der Waals surface area contributed by atoms with E-state index in [-0.39, 0.29) is 24.1 Å². The van der Waals surface area contributed by atoms with E-state index in [0.29, 0.717) is 18.8 Å². The van der Waals surface area contributed by atoms with Crippen LogP contribution in [-0.2, 0) is 16.1 Å². The Balaban J connectivity index is 2.07. The zero-order valence-electron chi connectivity index (χ0n) is 11.3. The van der Waals surface area contributed by atoms with Crippen LogP contribution in [0.3, 0.4) is 0 Å². The third-order valence-electron chi connectivity index (χ3n) is 3.39. The highest BCUT2D eigenvalue weighted by atomic mass is 16.5. The van der Waals surface area contributed by atoms with E-state index >= 15 is 0 Å². The van der Waals surface area contributed by atoms with E-state index in [1.54, 1.807) is 7.11 Å². The average Bonchev–Trinajstić information content (AvgIpc) is 2.71. The van der Waals surface area contributed by atoms with Crippen LogP contribution in [0.5, 0.6) is 0 Å². The van der Waals surface area contributed by atoms with Crippen LogP contribution in [0.2, 0.25) is 0 Å². The summed E-state index contributed by atoms with van der Waals surface area (Å²) in [5, 5.41) is 19.3. The zero-order valence-corrected chi connectivity index (χ0v) is 11.3. The monoisotopic (exact) mass is 282 g/mol. The van der Waals surface area contributed by atoms with Gasteiger partial charge in [0.1, 0.15) is 6.54 Å². The molecule has 2 N–H and O–H groups in total. The molecule has 0 unspecified atom stereocenters. The van der Waals surface area contributed by atoms with Gasteiger partial charge in [0.2, 0.25) is 5.91 Å². The summed E-state index contributed by atoms with van der Waals surface area (Å²) in [6, 6.07) is 0. The number of aromatic nitrogens is 3. The fourth-order valence-electron chi connectivity index (χ4n) is 2.16. The Morgan fingerprint density at radius 1 is 1.50 bits per heavy atom. The number of methoxy groups -OCH3 is 1. The molecule has 0 atom stereocenters. The number of carboxylic acids is 1. The molecule has 1 aromatic heterocycles. The summed E-state index contributed by atoms with van der Waals surface area (Å²) in [5.74, 6) is -1.19. The Bertz CT molecular complexity index is 496. The van der Waals surface area contributed by atoms with Gasteiger partial charge in [0.25, 0.3) is 0 Å². The molecule has 0 aliphatic heterocycles. The van der Waals surface area contributed by atoms with Crippen molar-refractivity contribution in [3.63, 3.8) is 0 Å². The molecule has 0 radical (unpaired) electrons. The molecule has 1 amide bonds. The topological polar surface area (TPSA) is 106 Å². The molecular weight excluding hydrogens is 264 g/mol. The molecule has 2 rings (SSSR count). The predicted molar refractivity (Wildman–Crippen MR) is 68.5 cm³/mol. The van der Waals surface area contributed by atoms with Crippen molar-refractivity contribution < 1.29 is 19.4 Å². The van der Waals surface area contributed by atoms with Crippen LogP contribution in [0, 0.1) is 0 Å². The van der Waals surface area contributed by atoms with E-state index in [1.165, 1.54) is 4.68 Å². The molecule has 1 saturated carbocycles. The standard InChI is InChI=1S/C12H18N4O4/c1-20-6-5-13-9(17)7-16-11(8-3-2-4-8)10(12(18)19)14-15-16/h8H,2-7H2,1H3,(H,13,17)(H,18,19). The van der Waals surface area contributed by atoms with E-state index in [4.69, 9.17) is 9.84 Å². The molecule has 1 aromatic rings. The number of nitrogens with zero attached hydrogens (tertiary/aromatic N) is 3. The van der Waals surface area contributed by atoms with Gasteiger partial charge < -0.3 is 15.2 Å². The SMILES string of the molecule is COCCNC(=O)Cn1nnc(C(=O)O)c1C1CCC1. The minimum atomic E-state index is -1.10. The maximum absolute atomic E-state index is 11.7. The van der Waals surface area contributed by atoms with Gasteiger partial charge in [-0.3, -0.25) is 4.79 Å². The van der Waals surface area contributed by atoms with Gasteiger partial charge in [-0.1, -0.05) is 11.6 Å². The first-order valence-electron chi connectivity index (χ1n) is 6.55. The van der Waals surface area contributed by atoms with Crippen LogP contribution in [0.4, 0.5) is 0 Å². The summed E-state index contributed by atoms with van der Waals surface area (Å²) in [6.07, 6.45) is 2.90. The summed E-state index contributed by atoms with van der Waals surface area (Å²) < 4.78 is 6.24. The predicted octanol–water partition coefficient (Wildman–Crippen LogP) is 0.00640. The van der Waals surface area contributed by atoms with Gasteiger partial charge in [0.15, 0.2) is 5.69 Å². The van der Waals surface area contributed by atoms with Crippen LogP contribution < -0.4 is 5.32 Å². The van der Waals surface area contributed by atoms with Crippen LogP contribution >= 0.6 is 0 Å². The van der Waals surface area contributed by atoms with E-state index in [2.05, 4.69) is 15.6 Å². The van der Waals surface area contributed by atoms with Crippen LogP contribution in [0.1, 0.15) is 41.4 Å². The molecule has 0 bridgehead atoms. The first-order valence-corrected chi connectivity index (χ1v) is 6.55. The molecular formula is C12H18N4O4. The first-order chi connectivity index (χ1) is 9.63. The number of ether oxygens (including phenoxy) is 1. The van der Waals surface area contributed by atoms with Crippen molar-refractivity contribution in [2.75, 3.05) is 20.3 Å². The van der Waals surface area contributed by atoms with Gasteiger partial charge in [0, 0.05) is 19.6 Å². The Morgan fingerprint density at radius 2 is 2.25 bits per heavy atom. The molecule has 1 aliphatic carbocycles. The summed E-state index contributed by atoms with van der Waals surface area (Å²) >= 11 is 0. The molecule has 1 fully saturated rings. The lowest BCUT2D eigenvalue weighted by molar-refractivity contribution is -0.122. The number of hydrogen-bond acceptors (Lipinski definition) is 5. The van der Waals surface area contributed by atoms with Crippen molar-refractivity contribution >= 4 is 11.9 Å². The fourth-order valence-corrected chi connectivity index (χ4v) is 2.16. The van der Waals surface area contributed by atoms with Crippen molar-refractivity contribution in [1.82, 2.24) is 20.3 Å². The second kappa shape index (κ2) is 6.47. The second-order valence-electron chi connectivity index (χ2n) is 4.76. The van der Waals surface area contributed by atoms with E-state index in [1.807, 2.05) is 0 Å². The summed E-state index contributed by atoms with van der Waals surface area (Å²) in [6.45, 7) is 0.823. The number of carbonyl (C=O) groups is 2. The molecule has 1 aliphatic rings. The van der Waals surface area contributed by atoms with Gasteiger partial charge in [-0.2, -0.15) is 0 Å². The van der Waals surface area contributed by atoms with Crippen molar-refractivity contribution in [1.29, 1.82) is 0 Å². The highest BCUT2D eigenvalue weighted by Crippen LogP contribution is 2.37. The number of carboxylic acid groups (broad SMARTS) is 1. The van der Waals surface area contributed by atoms with Crippen molar-refractivity contribution in [3.8, 4) is 0 Å². The molecule has 0 spiro atoms. The molecule has 8 nitrogen and oxygen atoms in total. The van der Waals surface area contributed by atoms with Gasteiger partial charge in [0.05, 0.1) is 12.3 Å². The zero-order chi connectivity index (χ0) is 14.5. The maximum atomic E-state index is 11.7. The number of amides is 1. The Kier molecular flexibility index (Phi) is 4.67. The number of nitrogens with one attached hydrogen (secondary N) is 1. The Morgan fingerprint density at radius 3 is 2.80 bits per heavy atom.